The van der Waals surface area contributed by atoms with Crippen molar-refractivity contribution < 1.29 is 0 Å². The van der Waals surface area contributed by atoms with E-state index >= 15 is 0 Å². The van der Waals surface area contributed by atoms with Crippen molar-refractivity contribution in [2.75, 3.05) is 0 Å². The minimum Gasteiger partial charge on any atom is -0.115 e. The second kappa shape index (κ2) is 2.36. The molecule has 0 amide bonds. The summed E-state index contributed by atoms with van der Waals surface area (Å²) in [5, 5.41) is 0. The van der Waals surface area contributed by atoms with E-state index in [4.69, 9.17) is 104 Å². The largest absolute Gasteiger partial charge is 0.163 e. The summed E-state index contributed by atoms with van der Waals surface area (Å²) in [4.78, 5) is -8.63. The van der Waals surface area contributed by atoms with Crippen LogP contribution in [0.5, 0.6) is 0 Å². The lowest BCUT2D eigenvalue weighted by Crippen LogP contribution is -3.21. The molecule has 0 aromatic heterocycles. The third kappa shape index (κ3) is 0.472. The molecule has 6 fully saturated rings. The number of hydrogen-bond acceptors (Lipinski definition) is 0. The number of alkyl halides is 9. The van der Waals surface area contributed by atoms with Gasteiger partial charge in [-0.3, -0.25) is 0 Å². The molecule has 0 heterocycles. The van der Waals surface area contributed by atoms with Crippen molar-refractivity contribution in [2.24, 2.45) is 5.92 Å². The van der Waals surface area contributed by atoms with Gasteiger partial charge >= 0.3 is 0 Å². The van der Waals surface area contributed by atoms with E-state index in [1.165, 1.54) is 0 Å². The molecule has 6 rings (SSSR count). The first-order valence-corrected chi connectivity index (χ1v) is 8.47. The van der Waals surface area contributed by atoms with Crippen LogP contribution in [0.2, 0.25) is 0 Å². The van der Waals surface area contributed by atoms with Crippen molar-refractivity contribution in [1.29, 1.82) is 0 Å². The second-order valence-corrected chi connectivity index (χ2v) is 11.2. The van der Waals surface area contributed by atoms with Crippen molar-refractivity contribution in [1.82, 2.24) is 0 Å². The Bertz CT molecular complexity index is 545. The average Bonchev–Trinajstić information content (AvgIpc) is 2.34. The van der Waals surface area contributed by atoms with Crippen LogP contribution in [0.3, 0.4) is 0 Å². The highest BCUT2D eigenvalue weighted by Gasteiger charge is 3.31. The zero-order chi connectivity index (χ0) is 13.6. The van der Waals surface area contributed by atoms with Gasteiger partial charge in [-0.05, 0) is 0 Å². The van der Waals surface area contributed by atoms with E-state index in [9.17, 15) is 0 Å². The maximum Gasteiger partial charge on any atom is 0.163 e. The molecule has 6 aliphatic carbocycles. The van der Waals surface area contributed by atoms with Gasteiger partial charge in [-0.2, -0.15) is 0 Å². The Morgan fingerprint density at radius 1 is 0.444 bits per heavy atom. The normalized spacial score (nSPS) is 87.5. The molecule has 0 radical (unpaired) electrons. The number of rotatable bonds is 0. The SMILES string of the molecule is ClC1(Cl)C2(Cl)[C@@]3(Cl)C4(Cl)C5[C@@]3(Cl)C1(Cl)[C@]5(Cl)[C@@]42Cl. The lowest BCUT2D eigenvalue weighted by molar-refractivity contribution is -0.267. The summed E-state index contributed by atoms with van der Waals surface area (Å²) in [6.45, 7) is 0. The van der Waals surface area contributed by atoms with E-state index in [2.05, 4.69) is 0 Å². The molecule has 0 spiro atoms. The molecular formula is C9HCl9. The molecule has 100 valence electrons. The lowest BCUT2D eigenvalue weighted by Gasteiger charge is -3.01. The van der Waals surface area contributed by atoms with E-state index in [1.54, 1.807) is 0 Å². The Morgan fingerprint density at radius 2 is 0.778 bits per heavy atom. The van der Waals surface area contributed by atoms with Crippen LogP contribution in [0.25, 0.3) is 0 Å². The molecule has 18 heavy (non-hydrogen) atoms. The second-order valence-electron chi connectivity index (χ2n) is 5.78. The molecule has 0 nitrogen and oxygen atoms in total. The van der Waals surface area contributed by atoms with Crippen LogP contribution >= 0.6 is 104 Å². The van der Waals surface area contributed by atoms with Crippen molar-refractivity contribution in [3.63, 3.8) is 0 Å². The molecule has 2 bridgehead atoms. The molecule has 0 aliphatic heterocycles. The lowest BCUT2D eigenvalue weighted by atomic mass is 9.17. The fraction of sp³-hybridized carbons (Fsp3) is 1.00. The highest BCUT2D eigenvalue weighted by molar-refractivity contribution is 6.77. The molecule has 0 saturated heterocycles. The Hall–Kier alpha value is 2.61. The van der Waals surface area contributed by atoms with Gasteiger partial charge in [0.2, 0.25) is 0 Å². The highest BCUT2D eigenvalue weighted by atomic mass is 35.5. The standard InChI is InChI=1S/C9HCl9/c10-2-1-3(11)5(2,13)8(16)6(2,14)4(1,12)7(3,15)9(8,17)18/h1H/t1?,2?,3-,4+,5+,6-,7?,8?. The number of hydrogen-bond donors (Lipinski definition) is 0. The van der Waals surface area contributed by atoms with Crippen LogP contribution in [-0.2, 0) is 0 Å². The summed E-state index contributed by atoms with van der Waals surface area (Å²) < 4.78 is -1.65. The highest BCUT2D eigenvalue weighted by Crippen LogP contribution is 3.14. The van der Waals surface area contributed by atoms with Crippen molar-refractivity contribution in [3.8, 4) is 0 Å². The Labute approximate surface area is 147 Å². The summed E-state index contributed by atoms with van der Waals surface area (Å²) in [5.41, 5.74) is 0. The molecule has 0 aromatic carbocycles. The predicted octanol–water partition coefficient (Wildman–Crippen LogP) is 4.69. The van der Waals surface area contributed by atoms with Gasteiger partial charge in [-0.15, -0.1) is 81.2 Å². The van der Waals surface area contributed by atoms with Gasteiger partial charge in [-0.25, -0.2) is 0 Å². The van der Waals surface area contributed by atoms with E-state index < -0.39 is 38.5 Å². The van der Waals surface area contributed by atoms with Crippen molar-refractivity contribution in [2.45, 2.75) is 38.5 Å². The van der Waals surface area contributed by atoms with Crippen LogP contribution in [0.4, 0.5) is 0 Å². The third-order valence-electron chi connectivity index (χ3n) is 6.02. The average molecular weight is 428 g/mol. The first kappa shape index (κ1) is 13.1. The van der Waals surface area contributed by atoms with Crippen LogP contribution in [-0.4, -0.2) is 38.5 Å². The summed E-state index contributed by atoms with van der Waals surface area (Å²) in [6, 6.07) is 0. The molecule has 6 saturated carbocycles. The Kier molecular flexibility index (Phi) is 1.72. The van der Waals surface area contributed by atoms with Gasteiger partial charge in [0, 0.05) is 5.92 Å². The Balaban J connectivity index is 1.99. The maximum atomic E-state index is 6.61. The van der Waals surface area contributed by atoms with Gasteiger partial charge in [-0.1, -0.05) is 23.2 Å². The summed E-state index contributed by atoms with van der Waals surface area (Å²) in [7, 11) is 0. The zero-order valence-corrected chi connectivity index (χ0v) is 14.8. The van der Waals surface area contributed by atoms with Gasteiger partial charge in [0.25, 0.3) is 0 Å². The van der Waals surface area contributed by atoms with Crippen LogP contribution in [0.15, 0.2) is 0 Å². The van der Waals surface area contributed by atoms with Gasteiger partial charge in [0.15, 0.2) is 4.33 Å². The summed E-state index contributed by atoms with van der Waals surface area (Å²) >= 11 is 59.0. The molecule has 4 unspecified atom stereocenters. The zero-order valence-electron chi connectivity index (χ0n) is 7.98. The Morgan fingerprint density at radius 3 is 1.17 bits per heavy atom. The van der Waals surface area contributed by atoms with Crippen LogP contribution in [0.1, 0.15) is 0 Å². The fourth-order valence-electron chi connectivity index (χ4n) is 5.59. The van der Waals surface area contributed by atoms with Crippen LogP contribution in [0, 0.1) is 5.92 Å². The first-order valence-electron chi connectivity index (χ1n) is 5.07. The van der Waals surface area contributed by atoms with Gasteiger partial charge in [0.1, 0.15) is 19.5 Å². The predicted molar refractivity (Wildman–Crippen MR) is 78.0 cm³/mol. The van der Waals surface area contributed by atoms with E-state index in [-0.39, 0.29) is 5.92 Å². The topological polar surface area (TPSA) is 0 Å². The van der Waals surface area contributed by atoms with Crippen LogP contribution < -0.4 is 0 Å². The smallest absolute Gasteiger partial charge is 0.115 e. The molecule has 0 N–H and O–H groups in total. The van der Waals surface area contributed by atoms with E-state index in [0.717, 1.165) is 0 Å². The summed E-state index contributed by atoms with van der Waals surface area (Å²) in [6.07, 6.45) is 0. The van der Waals surface area contributed by atoms with E-state index in [1.807, 2.05) is 0 Å². The first-order chi connectivity index (χ1) is 7.87. The fourth-order valence-corrected chi connectivity index (χ4v) is 13.6. The molecular weight excluding hydrogens is 427 g/mol. The van der Waals surface area contributed by atoms with Crippen molar-refractivity contribution in [3.05, 3.63) is 0 Å². The quantitative estimate of drug-likeness (QED) is 0.492. The van der Waals surface area contributed by atoms with Gasteiger partial charge < -0.3 is 0 Å². The van der Waals surface area contributed by atoms with Gasteiger partial charge in [0.05, 0.1) is 14.6 Å². The molecule has 0 aromatic rings. The molecule has 9 heteroatoms. The maximum absolute atomic E-state index is 6.61. The minimum absolute atomic E-state index is 0.346. The summed E-state index contributed by atoms with van der Waals surface area (Å²) in [5.74, 6) is -0.346. The minimum atomic E-state index is -1.65. The van der Waals surface area contributed by atoms with Crippen molar-refractivity contribution >= 4 is 104 Å². The molecule has 6 aliphatic rings. The third-order valence-corrected chi connectivity index (χ3v) is 14.2. The monoisotopic (exact) mass is 424 g/mol. The number of halogens is 9. The molecule has 8 atom stereocenters. The van der Waals surface area contributed by atoms with E-state index in [0.29, 0.717) is 0 Å².